The minimum absolute atomic E-state index is 0.0301. The lowest BCUT2D eigenvalue weighted by Gasteiger charge is -1.99. The van der Waals surface area contributed by atoms with Crippen molar-refractivity contribution in [2.75, 3.05) is 12.8 Å². The second kappa shape index (κ2) is 1.74. The van der Waals surface area contributed by atoms with Crippen LogP contribution in [0.25, 0.3) is 0 Å². The van der Waals surface area contributed by atoms with E-state index < -0.39 is 9.84 Å². The van der Waals surface area contributed by atoms with Crippen molar-refractivity contribution in [2.24, 2.45) is 5.92 Å². The van der Waals surface area contributed by atoms with Crippen LogP contribution in [0.15, 0.2) is 0 Å². The first kappa shape index (κ1) is 6.61. The van der Waals surface area contributed by atoms with Gasteiger partial charge in [0.1, 0.15) is 0 Å². The summed E-state index contributed by atoms with van der Waals surface area (Å²) in [4.78, 5) is 0. The molecule has 0 radical (unpaired) electrons. The van der Waals surface area contributed by atoms with Crippen LogP contribution in [-0.2, 0) is 9.84 Å². The van der Waals surface area contributed by atoms with Gasteiger partial charge in [-0.25, -0.2) is 8.42 Å². The van der Waals surface area contributed by atoms with E-state index in [0.717, 1.165) is 6.42 Å². The van der Waals surface area contributed by atoms with Crippen LogP contribution in [0.1, 0.15) is 6.42 Å². The van der Waals surface area contributed by atoms with Gasteiger partial charge in [-0.3, -0.25) is 0 Å². The van der Waals surface area contributed by atoms with E-state index in [0.29, 0.717) is 11.7 Å². The maximum absolute atomic E-state index is 11.1. The van der Waals surface area contributed by atoms with Crippen LogP contribution in [0, 0.1) is 5.92 Å². The second-order valence-corrected chi connectivity index (χ2v) is 5.38. The van der Waals surface area contributed by atoms with E-state index in [1.165, 1.54) is 0 Å². The quantitative estimate of drug-likeness (QED) is 0.558. The van der Waals surface area contributed by atoms with Crippen molar-refractivity contribution in [1.82, 2.24) is 5.32 Å². The van der Waals surface area contributed by atoms with Crippen LogP contribution >= 0.6 is 0 Å². The maximum atomic E-state index is 11.1. The predicted molar refractivity (Wildman–Crippen MR) is 38.5 cm³/mol. The molecule has 1 aliphatic heterocycles. The second-order valence-electron chi connectivity index (χ2n) is 3.10. The van der Waals surface area contributed by atoms with Crippen molar-refractivity contribution in [3.8, 4) is 0 Å². The third kappa shape index (κ3) is 0.661. The Labute approximate surface area is 60.7 Å². The monoisotopic (exact) mass is 161 g/mol. The lowest BCUT2D eigenvalue weighted by molar-refractivity contribution is 0.591. The van der Waals surface area contributed by atoms with Crippen molar-refractivity contribution in [3.05, 3.63) is 0 Å². The highest BCUT2D eigenvalue weighted by Crippen LogP contribution is 2.46. The molecule has 0 spiro atoms. The number of fused-ring (bicyclic) bond motifs is 1. The van der Waals surface area contributed by atoms with Crippen LogP contribution in [0.2, 0.25) is 0 Å². The molecule has 0 bridgehead atoms. The van der Waals surface area contributed by atoms with Gasteiger partial charge in [0.15, 0.2) is 9.84 Å². The first-order valence-electron chi connectivity index (χ1n) is 3.55. The molecule has 0 aromatic carbocycles. The van der Waals surface area contributed by atoms with Gasteiger partial charge in [0.25, 0.3) is 0 Å². The zero-order chi connectivity index (χ0) is 7.35. The van der Waals surface area contributed by atoms with Crippen LogP contribution in [0.4, 0.5) is 0 Å². The van der Waals surface area contributed by atoms with Gasteiger partial charge < -0.3 is 5.32 Å². The Morgan fingerprint density at radius 2 is 2.20 bits per heavy atom. The van der Waals surface area contributed by atoms with Crippen LogP contribution in [-0.4, -0.2) is 32.5 Å². The molecule has 10 heavy (non-hydrogen) atoms. The van der Waals surface area contributed by atoms with Crippen LogP contribution in [0.3, 0.4) is 0 Å². The normalized spacial score (nSPS) is 48.7. The molecule has 1 aliphatic carbocycles. The molecule has 1 saturated heterocycles. The van der Waals surface area contributed by atoms with Gasteiger partial charge in [-0.2, -0.15) is 0 Å². The molecular formula is C6H11NO2S. The van der Waals surface area contributed by atoms with Gasteiger partial charge in [-0.15, -0.1) is 0 Å². The summed E-state index contributed by atoms with van der Waals surface area (Å²) in [7, 11) is -0.843. The number of hydrogen-bond donors (Lipinski definition) is 1. The third-order valence-electron chi connectivity index (χ3n) is 2.58. The molecule has 3 atom stereocenters. The van der Waals surface area contributed by atoms with E-state index in [9.17, 15) is 8.42 Å². The maximum Gasteiger partial charge on any atom is 0.155 e. The van der Waals surface area contributed by atoms with Gasteiger partial charge in [-0.1, -0.05) is 0 Å². The van der Waals surface area contributed by atoms with E-state index >= 15 is 0 Å². The van der Waals surface area contributed by atoms with Crippen molar-refractivity contribution >= 4 is 9.84 Å². The highest BCUT2D eigenvalue weighted by atomic mass is 32.2. The zero-order valence-electron chi connectivity index (χ0n) is 5.87. The van der Waals surface area contributed by atoms with Gasteiger partial charge in [0, 0.05) is 6.04 Å². The van der Waals surface area contributed by atoms with E-state index in [4.69, 9.17) is 0 Å². The van der Waals surface area contributed by atoms with E-state index in [1.807, 2.05) is 7.05 Å². The number of rotatable bonds is 1. The molecule has 1 unspecified atom stereocenters. The topological polar surface area (TPSA) is 46.2 Å². The number of sulfone groups is 1. The summed E-state index contributed by atoms with van der Waals surface area (Å²) in [5, 5.41) is 2.99. The molecule has 1 saturated carbocycles. The molecule has 0 aromatic heterocycles. The SMILES string of the molecule is CNC1[C@H]2CCS(=O)(=O)[C@@H]12. The van der Waals surface area contributed by atoms with Crippen molar-refractivity contribution in [3.63, 3.8) is 0 Å². The first-order valence-corrected chi connectivity index (χ1v) is 5.27. The average molecular weight is 161 g/mol. The fraction of sp³-hybridized carbons (Fsp3) is 1.00. The van der Waals surface area contributed by atoms with E-state index in [1.54, 1.807) is 0 Å². The largest absolute Gasteiger partial charge is 0.315 e. The Kier molecular flexibility index (Phi) is 1.15. The molecule has 1 heterocycles. The first-order chi connectivity index (χ1) is 4.67. The molecule has 58 valence electrons. The Hall–Kier alpha value is -0.0900. The summed E-state index contributed by atoms with van der Waals surface area (Å²) in [5.41, 5.74) is 0. The summed E-state index contributed by atoms with van der Waals surface area (Å²) in [6.07, 6.45) is 0.874. The molecule has 2 fully saturated rings. The van der Waals surface area contributed by atoms with Gasteiger partial charge in [0.05, 0.1) is 11.0 Å². The van der Waals surface area contributed by atoms with Gasteiger partial charge in [0.2, 0.25) is 0 Å². The number of nitrogens with one attached hydrogen (secondary N) is 1. The van der Waals surface area contributed by atoms with E-state index in [2.05, 4.69) is 5.32 Å². The minimum Gasteiger partial charge on any atom is -0.315 e. The summed E-state index contributed by atoms with van der Waals surface area (Å²) in [6, 6.07) is 0.277. The van der Waals surface area contributed by atoms with Gasteiger partial charge >= 0.3 is 0 Å². The van der Waals surface area contributed by atoms with Crippen LogP contribution in [0.5, 0.6) is 0 Å². The van der Waals surface area contributed by atoms with Crippen molar-refractivity contribution in [1.29, 1.82) is 0 Å². The summed E-state index contributed by atoms with van der Waals surface area (Å²) < 4.78 is 22.3. The summed E-state index contributed by atoms with van der Waals surface area (Å²) in [6.45, 7) is 0. The van der Waals surface area contributed by atoms with Crippen molar-refractivity contribution in [2.45, 2.75) is 17.7 Å². The molecule has 2 aliphatic rings. The Balaban J connectivity index is 2.22. The Morgan fingerprint density at radius 1 is 1.50 bits per heavy atom. The summed E-state index contributed by atoms with van der Waals surface area (Å²) >= 11 is 0. The smallest absolute Gasteiger partial charge is 0.155 e. The molecule has 1 N–H and O–H groups in total. The van der Waals surface area contributed by atoms with Crippen LogP contribution < -0.4 is 5.32 Å². The Bertz CT molecular complexity index is 242. The highest BCUT2D eigenvalue weighted by molar-refractivity contribution is 7.92. The van der Waals surface area contributed by atoms with Crippen molar-refractivity contribution < 1.29 is 8.42 Å². The van der Waals surface area contributed by atoms with Gasteiger partial charge in [-0.05, 0) is 19.4 Å². The average Bonchev–Trinajstić information content (AvgIpc) is 2.50. The lowest BCUT2D eigenvalue weighted by Crippen LogP contribution is -2.22. The lowest BCUT2D eigenvalue weighted by atomic mass is 10.3. The molecule has 3 nitrogen and oxygen atoms in total. The minimum atomic E-state index is -2.67. The third-order valence-corrected chi connectivity index (χ3v) is 4.86. The summed E-state index contributed by atoms with van der Waals surface area (Å²) in [5.74, 6) is 0.857. The molecule has 4 heteroatoms. The molecule has 0 aromatic rings. The highest BCUT2D eigenvalue weighted by Gasteiger charge is 2.61. The molecular weight excluding hydrogens is 150 g/mol. The predicted octanol–water partition coefficient (Wildman–Crippen LogP) is -0.609. The molecule has 2 rings (SSSR count). The standard InChI is InChI=1S/C6H11NO2S/c1-7-5-4-2-3-10(8,9)6(4)5/h4-7H,2-3H2,1H3/t4-,5?,6-/m1/s1. The fourth-order valence-electron chi connectivity index (χ4n) is 1.99. The fourth-order valence-corrected chi connectivity index (χ4v) is 4.40. The van der Waals surface area contributed by atoms with E-state index in [-0.39, 0.29) is 11.3 Å². The number of hydrogen-bond acceptors (Lipinski definition) is 3. The Morgan fingerprint density at radius 3 is 2.50 bits per heavy atom. The zero-order valence-corrected chi connectivity index (χ0v) is 6.69. The molecule has 0 amide bonds.